The van der Waals surface area contributed by atoms with Gasteiger partial charge in [0.15, 0.2) is 12.4 Å². The zero-order valence-electron chi connectivity index (χ0n) is 14.6. The molecule has 0 fully saturated rings. The van der Waals surface area contributed by atoms with Gasteiger partial charge in [0.2, 0.25) is 0 Å². The molecule has 140 valence electrons. The predicted octanol–water partition coefficient (Wildman–Crippen LogP) is 3.98. The number of halogens is 1. The minimum atomic E-state index is -0.506. The van der Waals surface area contributed by atoms with E-state index in [1.54, 1.807) is 36.5 Å². The highest BCUT2D eigenvalue weighted by Gasteiger charge is 2.19. The summed E-state index contributed by atoms with van der Waals surface area (Å²) < 4.78 is 11.8. The number of para-hydroxylation sites is 1. The number of esters is 1. The number of benzene rings is 1. The number of methoxy groups -OCH3 is 1. The van der Waals surface area contributed by atoms with Crippen LogP contribution in [0.1, 0.15) is 25.7 Å². The molecule has 0 spiro atoms. The second-order valence-corrected chi connectivity index (χ2v) is 7.15. The summed E-state index contributed by atoms with van der Waals surface area (Å²) in [6, 6.07) is 10.3. The number of carbonyl (C=O) groups is 2. The van der Waals surface area contributed by atoms with Gasteiger partial charge in [0.05, 0.1) is 17.7 Å². The molecule has 0 atom stereocenters. The van der Waals surface area contributed by atoms with Gasteiger partial charge in [-0.1, -0.05) is 23.7 Å². The van der Waals surface area contributed by atoms with Gasteiger partial charge in [0.1, 0.15) is 10.8 Å². The van der Waals surface area contributed by atoms with E-state index in [-0.39, 0.29) is 12.4 Å². The van der Waals surface area contributed by atoms with Crippen molar-refractivity contribution in [3.63, 3.8) is 0 Å². The van der Waals surface area contributed by atoms with Crippen molar-refractivity contribution in [3.8, 4) is 5.75 Å². The average molecular weight is 406 g/mol. The third kappa shape index (κ3) is 4.47. The number of hydrogen-bond acceptors (Lipinski definition) is 6. The first-order chi connectivity index (χ1) is 13.0. The minimum absolute atomic E-state index is 0.0997. The highest BCUT2D eigenvalue weighted by Crippen LogP contribution is 2.28. The van der Waals surface area contributed by atoms with Crippen LogP contribution in [0.15, 0.2) is 42.6 Å². The summed E-state index contributed by atoms with van der Waals surface area (Å²) in [7, 11) is 1.29. The molecule has 27 heavy (non-hydrogen) atoms. The van der Waals surface area contributed by atoms with E-state index in [1.165, 1.54) is 23.1 Å². The Bertz CT molecular complexity index is 983. The van der Waals surface area contributed by atoms with E-state index in [1.807, 2.05) is 13.0 Å². The van der Waals surface area contributed by atoms with Gasteiger partial charge in [-0.2, -0.15) is 5.10 Å². The molecule has 0 aliphatic rings. The largest absolute Gasteiger partial charge is 0.470 e. The molecular weight excluding hydrogens is 390 g/mol. The van der Waals surface area contributed by atoms with Crippen molar-refractivity contribution in [2.75, 3.05) is 12.4 Å². The highest BCUT2D eigenvalue weighted by molar-refractivity contribution is 7.16. The van der Waals surface area contributed by atoms with Gasteiger partial charge in [-0.05, 0) is 31.2 Å². The van der Waals surface area contributed by atoms with Crippen molar-refractivity contribution in [2.24, 2.45) is 0 Å². The van der Waals surface area contributed by atoms with Crippen LogP contribution in [0.5, 0.6) is 5.75 Å². The molecular formula is C18H16ClN3O4S. The maximum atomic E-state index is 12.4. The number of rotatable bonds is 6. The van der Waals surface area contributed by atoms with Gasteiger partial charge < -0.3 is 14.8 Å². The summed E-state index contributed by atoms with van der Waals surface area (Å²) in [6.07, 6.45) is 1.62. The Balaban J connectivity index is 1.67. The number of nitrogens with one attached hydrogen (secondary N) is 1. The Hall–Kier alpha value is -2.84. The zero-order chi connectivity index (χ0) is 19.4. The molecule has 0 unspecified atom stereocenters. The number of aryl methyl sites for hydroxylation is 1. The van der Waals surface area contributed by atoms with Crippen LogP contribution in [0.4, 0.5) is 5.00 Å². The summed E-state index contributed by atoms with van der Waals surface area (Å²) in [4.78, 5) is 25.1. The number of ether oxygens (including phenoxy) is 2. The van der Waals surface area contributed by atoms with Crippen molar-refractivity contribution < 1.29 is 19.1 Å². The van der Waals surface area contributed by atoms with E-state index in [4.69, 9.17) is 21.1 Å². The summed E-state index contributed by atoms with van der Waals surface area (Å²) in [5, 5.41) is 7.79. The van der Waals surface area contributed by atoms with Crippen LogP contribution in [-0.4, -0.2) is 28.8 Å². The fraction of sp³-hybridized carbons (Fsp3) is 0.167. The molecule has 1 amide bonds. The van der Waals surface area contributed by atoms with Crippen molar-refractivity contribution in [2.45, 2.75) is 13.7 Å². The van der Waals surface area contributed by atoms with E-state index in [0.29, 0.717) is 21.3 Å². The van der Waals surface area contributed by atoms with E-state index in [0.717, 1.165) is 4.88 Å². The molecule has 7 nitrogen and oxygen atoms in total. The Morgan fingerprint density at radius 1 is 1.30 bits per heavy atom. The lowest BCUT2D eigenvalue weighted by molar-refractivity contribution is 0.0602. The highest BCUT2D eigenvalue weighted by atomic mass is 35.5. The third-order valence-electron chi connectivity index (χ3n) is 3.55. The molecule has 1 aromatic carbocycles. The fourth-order valence-electron chi connectivity index (χ4n) is 2.29. The maximum absolute atomic E-state index is 12.4. The monoisotopic (exact) mass is 405 g/mol. The second kappa shape index (κ2) is 8.24. The summed E-state index contributed by atoms with van der Waals surface area (Å²) >= 11 is 7.33. The molecule has 3 aromatic rings. The van der Waals surface area contributed by atoms with Crippen LogP contribution in [0.25, 0.3) is 0 Å². The molecule has 1 N–H and O–H groups in total. The Kier molecular flexibility index (Phi) is 5.78. The molecule has 0 saturated carbocycles. The molecule has 2 aromatic heterocycles. The van der Waals surface area contributed by atoms with Crippen LogP contribution >= 0.6 is 22.9 Å². The van der Waals surface area contributed by atoms with Crippen LogP contribution in [0.2, 0.25) is 5.02 Å². The normalized spacial score (nSPS) is 10.5. The van der Waals surface area contributed by atoms with Gasteiger partial charge in [0, 0.05) is 11.1 Å². The Morgan fingerprint density at radius 2 is 2.07 bits per heavy atom. The number of anilines is 1. The lowest BCUT2D eigenvalue weighted by Gasteiger charge is -2.07. The minimum Gasteiger partial charge on any atom is -0.470 e. The van der Waals surface area contributed by atoms with Crippen molar-refractivity contribution in [1.29, 1.82) is 0 Å². The predicted molar refractivity (Wildman–Crippen MR) is 103 cm³/mol. The number of hydrogen-bond donors (Lipinski definition) is 1. The topological polar surface area (TPSA) is 82.5 Å². The van der Waals surface area contributed by atoms with Crippen molar-refractivity contribution >= 4 is 39.8 Å². The molecule has 2 heterocycles. The summed E-state index contributed by atoms with van der Waals surface area (Å²) in [6.45, 7) is 1.94. The lowest BCUT2D eigenvalue weighted by atomic mass is 10.3. The molecule has 0 aliphatic heterocycles. The first kappa shape index (κ1) is 18.9. The molecule has 0 bridgehead atoms. The van der Waals surface area contributed by atoms with Gasteiger partial charge in [-0.15, -0.1) is 11.3 Å². The van der Waals surface area contributed by atoms with Crippen LogP contribution < -0.4 is 10.1 Å². The van der Waals surface area contributed by atoms with Crippen LogP contribution in [0, 0.1) is 6.92 Å². The van der Waals surface area contributed by atoms with E-state index >= 15 is 0 Å². The third-order valence-corrected chi connectivity index (χ3v) is 4.83. The summed E-state index contributed by atoms with van der Waals surface area (Å²) in [5.41, 5.74) is 0.509. The van der Waals surface area contributed by atoms with Gasteiger partial charge in [0.25, 0.3) is 5.91 Å². The smallest absolute Gasteiger partial charge is 0.340 e. The quantitative estimate of drug-likeness (QED) is 0.627. The molecule has 9 heteroatoms. The Morgan fingerprint density at radius 3 is 2.81 bits per heavy atom. The van der Waals surface area contributed by atoms with Crippen LogP contribution in [-0.2, 0) is 11.5 Å². The van der Waals surface area contributed by atoms with Crippen molar-refractivity contribution in [1.82, 2.24) is 9.78 Å². The number of amides is 1. The average Bonchev–Trinajstić information content (AvgIpc) is 3.27. The summed E-state index contributed by atoms with van der Waals surface area (Å²) in [5.74, 6) is -0.413. The van der Waals surface area contributed by atoms with E-state index in [9.17, 15) is 9.59 Å². The number of nitrogens with zero attached hydrogens (tertiary/aromatic N) is 2. The van der Waals surface area contributed by atoms with Crippen LogP contribution in [0.3, 0.4) is 0 Å². The SMILES string of the molecule is COC(=O)c1cc(C)sc1NC(=O)c1ccn(COc2ccccc2Cl)n1. The molecule has 0 saturated heterocycles. The van der Waals surface area contributed by atoms with E-state index in [2.05, 4.69) is 10.4 Å². The molecule has 0 aliphatic carbocycles. The van der Waals surface area contributed by atoms with E-state index < -0.39 is 11.9 Å². The lowest BCUT2D eigenvalue weighted by Crippen LogP contribution is -2.15. The number of carbonyl (C=O) groups excluding carboxylic acids is 2. The van der Waals surface area contributed by atoms with Crippen molar-refractivity contribution in [3.05, 3.63) is 63.8 Å². The molecule has 3 rings (SSSR count). The zero-order valence-corrected chi connectivity index (χ0v) is 16.1. The number of aromatic nitrogens is 2. The van der Waals surface area contributed by atoms with Gasteiger partial charge >= 0.3 is 5.97 Å². The Labute approximate surface area is 164 Å². The first-order valence-electron chi connectivity index (χ1n) is 7.89. The molecule has 0 radical (unpaired) electrons. The standard InChI is InChI=1S/C18H16ClN3O4S/c1-11-9-12(18(24)25-2)17(27-11)20-16(23)14-7-8-22(21-14)10-26-15-6-4-3-5-13(15)19/h3-9H,10H2,1-2H3,(H,20,23). The van der Waals surface area contributed by atoms with Gasteiger partial charge in [-0.3, -0.25) is 4.79 Å². The maximum Gasteiger partial charge on any atom is 0.340 e. The van der Waals surface area contributed by atoms with Gasteiger partial charge in [-0.25, -0.2) is 9.48 Å². The number of thiophene rings is 1. The first-order valence-corrected chi connectivity index (χ1v) is 9.08. The fourth-order valence-corrected chi connectivity index (χ4v) is 3.37. The second-order valence-electron chi connectivity index (χ2n) is 5.49.